The maximum absolute atomic E-state index is 13.4. The molecule has 3 rings (SSSR count). The van der Waals surface area contributed by atoms with Crippen molar-refractivity contribution in [3.05, 3.63) is 46.9 Å². The zero-order chi connectivity index (χ0) is 23.6. The van der Waals surface area contributed by atoms with Gasteiger partial charge in [-0.3, -0.25) is 4.79 Å². The number of nitrogens with zero attached hydrogens (tertiary/aromatic N) is 3. The van der Waals surface area contributed by atoms with Gasteiger partial charge in [-0.25, -0.2) is 0 Å². The standard InChI is InChI=1S/C20H22F3N5O3S/c1-5-12(14-9-6-10(2)31-14)24-17-18(27-32-26-17)25-13-8-7-11(20(21,22)23)15(16(13)29)19(30)28(3)4/h6-9,12,29H,5H2,1-4H3,(H,24,26)(H,25,27)/t12-/m1/s1. The highest BCUT2D eigenvalue weighted by molar-refractivity contribution is 6.99. The molecule has 1 aromatic carbocycles. The summed E-state index contributed by atoms with van der Waals surface area (Å²) in [7, 11) is 2.60. The van der Waals surface area contributed by atoms with E-state index < -0.39 is 29.0 Å². The number of carbonyl (C=O) groups excluding carboxylic acids is 1. The lowest BCUT2D eigenvalue weighted by Crippen LogP contribution is -2.25. The Hall–Kier alpha value is -3.28. The van der Waals surface area contributed by atoms with Gasteiger partial charge in [0.05, 0.1) is 34.6 Å². The summed E-state index contributed by atoms with van der Waals surface area (Å²) in [6.45, 7) is 3.77. The molecule has 2 heterocycles. The number of phenols is 1. The van der Waals surface area contributed by atoms with E-state index in [2.05, 4.69) is 19.4 Å². The van der Waals surface area contributed by atoms with Gasteiger partial charge in [0.1, 0.15) is 11.5 Å². The number of hydrogen-bond donors (Lipinski definition) is 3. The van der Waals surface area contributed by atoms with Crippen LogP contribution in [0.3, 0.4) is 0 Å². The van der Waals surface area contributed by atoms with Crippen LogP contribution < -0.4 is 10.6 Å². The Morgan fingerprint density at radius 3 is 2.47 bits per heavy atom. The van der Waals surface area contributed by atoms with Crippen LogP contribution in [0.4, 0.5) is 30.5 Å². The number of aromatic hydroxyl groups is 1. The molecule has 0 bridgehead atoms. The zero-order valence-electron chi connectivity index (χ0n) is 17.7. The maximum Gasteiger partial charge on any atom is 0.417 e. The number of phenolic OH excluding ortho intramolecular Hbond substituents is 1. The third-order valence-corrected chi connectivity index (χ3v) is 5.20. The number of amides is 1. The number of benzene rings is 1. The van der Waals surface area contributed by atoms with Crippen molar-refractivity contribution in [2.75, 3.05) is 24.7 Å². The summed E-state index contributed by atoms with van der Waals surface area (Å²) in [4.78, 5) is 13.3. The molecule has 0 aliphatic carbocycles. The molecule has 2 aromatic heterocycles. The van der Waals surface area contributed by atoms with Crippen LogP contribution in [0, 0.1) is 6.92 Å². The van der Waals surface area contributed by atoms with Gasteiger partial charge in [-0.05, 0) is 37.6 Å². The molecule has 1 atom stereocenters. The second-order valence-electron chi connectivity index (χ2n) is 7.22. The summed E-state index contributed by atoms with van der Waals surface area (Å²) < 4.78 is 54.2. The van der Waals surface area contributed by atoms with E-state index in [9.17, 15) is 23.1 Å². The monoisotopic (exact) mass is 469 g/mol. The molecule has 3 aromatic rings. The second kappa shape index (κ2) is 9.07. The molecule has 0 aliphatic rings. The van der Waals surface area contributed by atoms with Gasteiger partial charge in [0.15, 0.2) is 17.4 Å². The average Bonchev–Trinajstić information content (AvgIpc) is 3.34. The molecule has 0 radical (unpaired) electrons. The number of aromatic nitrogens is 2. The summed E-state index contributed by atoms with van der Waals surface area (Å²) in [5, 5.41) is 16.5. The minimum atomic E-state index is -4.82. The number of halogens is 3. The molecule has 172 valence electrons. The van der Waals surface area contributed by atoms with Crippen LogP contribution >= 0.6 is 11.7 Å². The van der Waals surface area contributed by atoms with Crippen molar-refractivity contribution in [2.24, 2.45) is 0 Å². The molecule has 0 saturated heterocycles. The predicted molar refractivity (Wildman–Crippen MR) is 114 cm³/mol. The van der Waals surface area contributed by atoms with Crippen LogP contribution in [0.2, 0.25) is 0 Å². The topological polar surface area (TPSA) is 104 Å². The maximum atomic E-state index is 13.4. The van der Waals surface area contributed by atoms with Crippen LogP contribution in [0.1, 0.15) is 46.8 Å². The Morgan fingerprint density at radius 1 is 1.22 bits per heavy atom. The number of rotatable bonds is 7. The third-order valence-electron chi connectivity index (χ3n) is 4.67. The summed E-state index contributed by atoms with van der Waals surface area (Å²) in [6, 6.07) is 5.24. The minimum absolute atomic E-state index is 0.110. The number of hydrogen-bond acceptors (Lipinski definition) is 8. The van der Waals surface area contributed by atoms with Crippen molar-refractivity contribution in [2.45, 2.75) is 32.5 Å². The highest BCUT2D eigenvalue weighted by Gasteiger charge is 2.38. The van der Waals surface area contributed by atoms with Gasteiger partial charge in [0.25, 0.3) is 5.91 Å². The quantitative estimate of drug-likeness (QED) is 0.410. The lowest BCUT2D eigenvalue weighted by molar-refractivity contribution is -0.138. The van der Waals surface area contributed by atoms with Crippen molar-refractivity contribution in [3.8, 4) is 5.75 Å². The summed E-state index contributed by atoms with van der Waals surface area (Å²) in [5.41, 5.74) is -2.18. The third kappa shape index (κ3) is 4.79. The van der Waals surface area contributed by atoms with Gasteiger partial charge in [0, 0.05) is 14.1 Å². The number of furan rings is 1. The summed E-state index contributed by atoms with van der Waals surface area (Å²) in [6.07, 6.45) is -4.15. The van der Waals surface area contributed by atoms with Crippen LogP contribution in [0.25, 0.3) is 0 Å². The Labute approximate surface area is 186 Å². The largest absolute Gasteiger partial charge is 0.505 e. The zero-order valence-corrected chi connectivity index (χ0v) is 18.6. The minimum Gasteiger partial charge on any atom is -0.505 e. The van der Waals surface area contributed by atoms with Gasteiger partial charge < -0.3 is 25.1 Å². The fraction of sp³-hybridized carbons (Fsp3) is 0.350. The molecule has 8 nitrogen and oxygen atoms in total. The van der Waals surface area contributed by atoms with E-state index in [0.29, 0.717) is 18.0 Å². The number of nitrogens with one attached hydrogen (secondary N) is 2. The molecule has 1 amide bonds. The first-order valence-corrected chi connectivity index (χ1v) is 10.3. The van der Waals surface area contributed by atoms with E-state index in [1.165, 1.54) is 14.1 Å². The number of anilines is 3. The molecule has 0 fully saturated rings. The van der Waals surface area contributed by atoms with Crippen molar-refractivity contribution < 1.29 is 27.5 Å². The van der Waals surface area contributed by atoms with Gasteiger partial charge in [-0.2, -0.15) is 21.9 Å². The smallest absolute Gasteiger partial charge is 0.417 e. The van der Waals surface area contributed by atoms with Crippen LogP contribution in [-0.4, -0.2) is 38.8 Å². The Bertz CT molecular complexity index is 1110. The molecule has 32 heavy (non-hydrogen) atoms. The second-order valence-corrected chi connectivity index (χ2v) is 7.75. The molecule has 0 aliphatic heterocycles. The lowest BCUT2D eigenvalue weighted by atomic mass is 10.0. The van der Waals surface area contributed by atoms with E-state index in [1.54, 1.807) is 0 Å². The van der Waals surface area contributed by atoms with Crippen molar-refractivity contribution in [1.82, 2.24) is 13.6 Å². The van der Waals surface area contributed by atoms with Gasteiger partial charge in [-0.1, -0.05) is 6.92 Å². The highest BCUT2D eigenvalue weighted by atomic mass is 32.1. The normalized spacial score (nSPS) is 12.5. The molecule has 12 heteroatoms. The van der Waals surface area contributed by atoms with Gasteiger partial charge in [0.2, 0.25) is 0 Å². The van der Waals surface area contributed by atoms with Crippen LogP contribution in [0.5, 0.6) is 5.75 Å². The highest BCUT2D eigenvalue weighted by Crippen LogP contribution is 2.41. The van der Waals surface area contributed by atoms with E-state index in [1.807, 2.05) is 26.0 Å². The van der Waals surface area contributed by atoms with E-state index in [4.69, 9.17) is 4.42 Å². The molecular weight excluding hydrogens is 447 g/mol. The van der Waals surface area contributed by atoms with Gasteiger partial charge in [-0.15, -0.1) is 0 Å². The van der Waals surface area contributed by atoms with E-state index in [-0.39, 0.29) is 17.5 Å². The van der Waals surface area contributed by atoms with E-state index >= 15 is 0 Å². The molecule has 0 spiro atoms. The predicted octanol–water partition coefficient (Wildman–Crippen LogP) is 5.17. The lowest BCUT2D eigenvalue weighted by Gasteiger charge is -2.20. The van der Waals surface area contributed by atoms with E-state index in [0.717, 1.165) is 34.5 Å². The van der Waals surface area contributed by atoms with Crippen molar-refractivity contribution in [3.63, 3.8) is 0 Å². The van der Waals surface area contributed by atoms with Gasteiger partial charge >= 0.3 is 6.18 Å². The Kier molecular flexibility index (Phi) is 6.63. The summed E-state index contributed by atoms with van der Waals surface area (Å²) >= 11 is 0.875. The number of aryl methyl sites for hydroxylation is 1. The SMILES string of the molecule is CC[C@@H](Nc1nsnc1Nc1ccc(C(F)(F)F)c(C(=O)N(C)C)c1O)c1ccc(C)o1. The average molecular weight is 469 g/mol. The molecule has 3 N–H and O–H groups in total. The van der Waals surface area contributed by atoms with Crippen molar-refractivity contribution >= 4 is 35.0 Å². The van der Waals surface area contributed by atoms with Crippen LogP contribution in [0.15, 0.2) is 28.7 Å². The molecular formula is C20H22F3N5O3S. The first-order chi connectivity index (χ1) is 15.0. The van der Waals surface area contributed by atoms with Crippen LogP contribution in [-0.2, 0) is 6.18 Å². The first kappa shape index (κ1) is 23.4. The number of alkyl halides is 3. The Balaban J connectivity index is 1.94. The Morgan fingerprint density at radius 2 is 1.91 bits per heavy atom. The molecule has 0 saturated carbocycles. The number of carbonyl (C=O) groups is 1. The molecule has 0 unspecified atom stereocenters. The fourth-order valence-electron chi connectivity index (χ4n) is 3.04. The first-order valence-electron chi connectivity index (χ1n) is 9.60. The summed E-state index contributed by atoms with van der Waals surface area (Å²) in [5.74, 6) is 0.160. The van der Waals surface area contributed by atoms with Crippen molar-refractivity contribution in [1.29, 1.82) is 0 Å². The fourth-order valence-corrected chi connectivity index (χ4v) is 3.52.